The predicted octanol–water partition coefficient (Wildman–Crippen LogP) is 6.43. The van der Waals surface area contributed by atoms with Crippen molar-refractivity contribution in [3.05, 3.63) is 52.2 Å². The minimum Gasteiger partial charge on any atom is -0.506 e. The van der Waals surface area contributed by atoms with E-state index in [-0.39, 0.29) is 11.4 Å². The Balaban J connectivity index is 2.28. The number of phenols is 1. The van der Waals surface area contributed by atoms with E-state index in [0.29, 0.717) is 20.0 Å². The number of halogens is 6. The first-order valence-electron chi connectivity index (χ1n) is 7.88. The second-order valence-electron chi connectivity index (χ2n) is 5.82. The third-order valence-corrected chi connectivity index (χ3v) is 6.99. The SMILES string of the molecule is CC[C@H](Cc1c(I)cc(I)c(O)c1I)C(=O)Nc1ccccc1C(F)(F)F. The summed E-state index contributed by atoms with van der Waals surface area (Å²) in [5.74, 6) is -0.837. The van der Waals surface area contributed by atoms with Crippen molar-refractivity contribution in [1.82, 2.24) is 0 Å². The molecule has 9 heteroatoms. The molecule has 0 aromatic heterocycles. The van der Waals surface area contributed by atoms with Crippen LogP contribution in [0.3, 0.4) is 0 Å². The highest BCUT2D eigenvalue weighted by Crippen LogP contribution is 2.36. The van der Waals surface area contributed by atoms with Gasteiger partial charge in [-0.05, 0) is 104 Å². The summed E-state index contributed by atoms with van der Waals surface area (Å²) >= 11 is 6.20. The maximum absolute atomic E-state index is 13.1. The number of para-hydroxylation sites is 1. The normalized spacial score (nSPS) is 12.7. The molecule has 2 rings (SSSR count). The van der Waals surface area contributed by atoms with E-state index in [1.807, 2.05) is 58.2 Å². The quantitative estimate of drug-likeness (QED) is 0.351. The Labute approximate surface area is 195 Å². The van der Waals surface area contributed by atoms with Crippen LogP contribution in [0.25, 0.3) is 0 Å². The van der Waals surface area contributed by atoms with Crippen LogP contribution in [0.1, 0.15) is 24.5 Å². The smallest absolute Gasteiger partial charge is 0.418 e. The van der Waals surface area contributed by atoms with Crippen LogP contribution in [0.5, 0.6) is 5.75 Å². The average molecular weight is 715 g/mol. The molecule has 0 heterocycles. The third kappa shape index (κ3) is 5.61. The lowest BCUT2D eigenvalue weighted by Crippen LogP contribution is -2.26. The fourth-order valence-electron chi connectivity index (χ4n) is 2.55. The van der Waals surface area contributed by atoms with Crippen molar-refractivity contribution in [3.63, 3.8) is 0 Å². The Bertz CT molecular complexity index is 856. The average Bonchev–Trinajstić information content (AvgIpc) is 2.59. The summed E-state index contributed by atoms with van der Waals surface area (Å²) < 4.78 is 41.7. The summed E-state index contributed by atoms with van der Waals surface area (Å²) in [6.07, 6.45) is -3.76. The number of rotatable bonds is 5. The molecule has 2 aromatic rings. The van der Waals surface area contributed by atoms with Gasteiger partial charge >= 0.3 is 6.18 Å². The summed E-state index contributed by atoms with van der Waals surface area (Å²) in [7, 11) is 0. The molecule has 0 bridgehead atoms. The second kappa shape index (κ2) is 9.46. The lowest BCUT2D eigenvalue weighted by molar-refractivity contribution is -0.137. The highest BCUT2D eigenvalue weighted by molar-refractivity contribution is 14.1. The molecular formula is C18H15F3I3NO2. The van der Waals surface area contributed by atoms with Gasteiger partial charge < -0.3 is 10.4 Å². The van der Waals surface area contributed by atoms with Crippen molar-refractivity contribution < 1.29 is 23.1 Å². The van der Waals surface area contributed by atoms with Crippen molar-refractivity contribution in [3.8, 4) is 5.75 Å². The van der Waals surface area contributed by atoms with Crippen LogP contribution in [-0.2, 0) is 17.4 Å². The Morgan fingerprint density at radius 2 is 1.81 bits per heavy atom. The molecular weight excluding hydrogens is 700 g/mol. The van der Waals surface area contributed by atoms with Gasteiger partial charge in [-0.25, -0.2) is 0 Å². The fourth-order valence-corrected chi connectivity index (χ4v) is 6.36. The van der Waals surface area contributed by atoms with E-state index in [4.69, 9.17) is 0 Å². The maximum atomic E-state index is 13.1. The molecule has 0 saturated carbocycles. The van der Waals surface area contributed by atoms with E-state index in [2.05, 4.69) is 27.9 Å². The highest BCUT2D eigenvalue weighted by atomic mass is 127. The number of anilines is 1. The monoisotopic (exact) mass is 715 g/mol. The molecule has 2 aromatic carbocycles. The molecule has 146 valence electrons. The summed E-state index contributed by atoms with van der Waals surface area (Å²) in [6.45, 7) is 1.81. The van der Waals surface area contributed by atoms with Crippen molar-refractivity contribution in [1.29, 1.82) is 0 Å². The fraction of sp³-hybridized carbons (Fsp3) is 0.278. The number of amides is 1. The maximum Gasteiger partial charge on any atom is 0.418 e. The van der Waals surface area contributed by atoms with Crippen LogP contribution in [-0.4, -0.2) is 11.0 Å². The second-order valence-corrected chi connectivity index (χ2v) is 9.23. The zero-order chi connectivity index (χ0) is 20.4. The van der Waals surface area contributed by atoms with Gasteiger partial charge in [-0.3, -0.25) is 4.79 Å². The summed E-state index contributed by atoms with van der Waals surface area (Å²) in [4.78, 5) is 12.7. The lowest BCUT2D eigenvalue weighted by Gasteiger charge is -2.19. The minimum absolute atomic E-state index is 0.157. The molecule has 0 aliphatic heterocycles. The van der Waals surface area contributed by atoms with Gasteiger partial charge in [-0.15, -0.1) is 0 Å². The Kier molecular flexibility index (Phi) is 8.05. The van der Waals surface area contributed by atoms with Gasteiger partial charge in [0.2, 0.25) is 5.91 Å². The van der Waals surface area contributed by atoms with Crippen molar-refractivity contribution >= 4 is 79.4 Å². The van der Waals surface area contributed by atoms with Gasteiger partial charge in [0, 0.05) is 9.49 Å². The van der Waals surface area contributed by atoms with E-state index in [9.17, 15) is 23.1 Å². The zero-order valence-corrected chi connectivity index (χ0v) is 20.5. The molecule has 0 unspecified atom stereocenters. The number of hydrogen-bond acceptors (Lipinski definition) is 2. The Morgan fingerprint density at radius 1 is 1.19 bits per heavy atom. The number of hydrogen-bond donors (Lipinski definition) is 2. The molecule has 0 aliphatic rings. The van der Waals surface area contributed by atoms with E-state index < -0.39 is 23.6 Å². The molecule has 1 amide bonds. The van der Waals surface area contributed by atoms with Crippen molar-refractivity contribution in [2.24, 2.45) is 5.92 Å². The summed E-state index contributed by atoms with van der Waals surface area (Å²) in [6, 6.07) is 6.75. The van der Waals surface area contributed by atoms with E-state index in [1.54, 1.807) is 0 Å². The largest absolute Gasteiger partial charge is 0.506 e. The molecule has 27 heavy (non-hydrogen) atoms. The number of carbonyl (C=O) groups excluding carboxylic acids is 1. The van der Waals surface area contributed by atoms with Crippen molar-refractivity contribution in [2.45, 2.75) is 25.9 Å². The van der Waals surface area contributed by atoms with E-state index in [0.717, 1.165) is 15.2 Å². The molecule has 2 N–H and O–H groups in total. The number of aromatic hydroxyl groups is 1. The standard InChI is InChI=1S/C18H15F3I3NO2/c1-2-9(7-10-12(22)8-13(23)16(26)15(10)24)17(27)25-14-6-4-3-5-11(14)18(19,20)21/h3-6,8-9,26H,2,7H2,1H3,(H,25,27)/t9-/m1/s1. The van der Waals surface area contributed by atoms with Gasteiger partial charge in [0.1, 0.15) is 5.75 Å². The highest BCUT2D eigenvalue weighted by Gasteiger charge is 2.34. The van der Waals surface area contributed by atoms with Crippen LogP contribution in [0.15, 0.2) is 30.3 Å². The molecule has 0 saturated heterocycles. The van der Waals surface area contributed by atoms with Gasteiger partial charge in [-0.2, -0.15) is 13.2 Å². The van der Waals surface area contributed by atoms with Gasteiger partial charge in [0.25, 0.3) is 0 Å². The molecule has 0 aliphatic carbocycles. The topological polar surface area (TPSA) is 49.3 Å². The summed E-state index contributed by atoms with van der Waals surface area (Å²) in [5, 5.41) is 12.6. The van der Waals surface area contributed by atoms with Crippen molar-refractivity contribution in [2.75, 3.05) is 5.32 Å². The number of phenolic OH excluding ortho intramolecular Hbond substituents is 1. The molecule has 0 spiro atoms. The van der Waals surface area contributed by atoms with Gasteiger partial charge in [0.05, 0.1) is 18.4 Å². The van der Waals surface area contributed by atoms with E-state index >= 15 is 0 Å². The Morgan fingerprint density at radius 3 is 2.41 bits per heavy atom. The molecule has 0 radical (unpaired) electrons. The van der Waals surface area contributed by atoms with Crippen LogP contribution in [0.4, 0.5) is 18.9 Å². The molecule has 3 nitrogen and oxygen atoms in total. The third-order valence-electron chi connectivity index (χ3n) is 4.05. The molecule has 1 atom stereocenters. The van der Waals surface area contributed by atoms with E-state index in [1.165, 1.54) is 18.2 Å². The number of nitrogens with one attached hydrogen (secondary N) is 1. The lowest BCUT2D eigenvalue weighted by atomic mass is 9.95. The zero-order valence-electron chi connectivity index (χ0n) is 14.0. The molecule has 0 fully saturated rings. The van der Waals surface area contributed by atoms with Crippen LogP contribution < -0.4 is 5.32 Å². The van der Waals surface area contributed by atoms with Gasteiger partial charge in [0.15, 0.2) is 0 Å². The first-order valence-corrected chi connectivity index (χ1v) is 11.1. The van der Waals surface area contributed by atoms with Crippen LogP contribution >= 0.6 is 67.8 Å². The number of benzene rings is 2. The summed E-state index contributed by atoms with van der Waals surface area (Å²) in [5.41, 5.74) is -0.298. The van der Waals surface area contributed by atoms with Crippen LogP contribution in [0, 0.1) is 16.6 Å². The first-order chi connectivity index (χ1) is 12.6. The van der Waals surface area contributed by atoms with Crippen LogP contribution in [0.2, 0.25) is 0 Å². The first kappa shape index (κ1) is 23.0. The predicted molar refractivity (Wildman–Crippen MR) is 124 cm³/mol. The Hall–Kier alpha value is -0.310. The number of alkyl halides is 3. The van der Waals surface area contributed by atoms with Gasteiger partial charge in [-0.1, -0.05) is 19.1 Å². The number of carbonyl (C=O) groups is 1. The minimum atomic E-state index is -4.54.